The number of carbonyl (C=O) groups excluding carboxylic acids is 2. The Hall–Kier alpha value is -2.76. The minimum Gasteiger partial charge on any atom is -0.493 e. The molecule has 0 bridgehead atoms. The molecule has 6 nitrogen and oxygen atoms in total. The summed E-state index contributed by atoms with van der Waals surface area (Å²) in [5, 5.41) is 0. The molecule has 1 saturated heterocycles. The van der Waals surface area contributed by atoms with Crippen LogP contribution in [-0.2, 0) is 16.1 Å². The molecule has 1 aliphatic rings. The fourth-order valence-corrected chi connectivity index (χ4v) is 2.57. The summed E-state index contributed by atoms with van der Waals surface area (Å²) in [6.07, 6.45) is 1.71. The maximum atomic E-state index is 12.3. The lowest BCUT2D eigenvalue weighted by Crippen LogP contribution is -2.27. The van der Waals surface area contributed by atoms with E-state index in [4.69, 9.17) is 13.9 Å². The van der Waals surface area contributed by atoms with E-state index in [2.05, 4.69) is 0 Å². The summed E-state index contributed by atoms with van der Waals surface area (Å²) in [7, 11) is 1.51. The third kappa shape index (κ3) is 3.36. The molecule has 0 saturated carbocycles. The number of nitrogens with zero attached hydrogens (tertiary/aromatic N) is 1. The molecule has 23 heavy (non-hydrogen) atoms. The third-order valence-electron chi connectivity index (χ3n) is 3.75. The maximum Gasteiger partial charge on any atom is 0.316 e. The summed E-state index contributed by atoms with van der Waals surface area (Å²) in [5.41, 5.74) is 0. The number of hydrogen-bond acceptors (Lipinski definition) is 5. The van der Waals surface area contributed by atoms with E-state index in [-0.39, 0.29) is 12.3 Å². The highest BCUT2D eigenvalue weighted by Crippen LogP contribution is 2.28. The molecule has 1 aliphatic heterocycles. The fraction of sp³-hybridized carbons (Fsp3) is 0.294. The van der Waals surface area contributed by atoms with Crippen molar-refractivity contribution in [2.24, 2.45) is 5.92 Å². The van der Waals surface area contributed by atoms with Gasteiger partial charge in [-0.2, -0.15) is 0 Å². The number of benzene rings is 1. The highest BCUT2D eigenvalue weighted by molar-refractivity contribution is 5.87. The van der Waals surface area contributed by atoms with E-state index in [1.807, 2.05) is 0 Å². The normalized spacial score (nSPS) is 17.3. The van der Waals surface area contributed by atoms with E-state index in [0.717, 1.165) is 0 Å². The second-order valence-electron chi connectivity index (χ2n) is 5.33. The van der Waals surface area contributed by atoms with Crippen LogP contribution in [0.3, 0.4) is 0 Å². The average molecular weight is 315 g/mol. The second kappa shape index (κ2) is 6.56. The third-order valence-corrected chi connectivity index (χ3v) is 3.75. The number of rotatable bonds is 5. The molecule has 2 aromatic rings. The standard InChI is InChI=1S/C17H17NO5/c1-21-14-6-2-3-7-15(14)23-17(20)12-9-16(19)18(10-12)11-13-5-4-8-22-13/h2-8,12H,9-11H2,1H3. The number of para-hydroxylation sites is 2. The molecule has 1 amide bonds. The number of furan rings is 1. The van der Waals surface area contributed by atoms with Crippen LogP contribution in [0.4, 0.5) is 0 Å². The molecular weight excluding hydrogens is 298 g/mol. The first-order chi connectivity index (χ1) is 11.2. The summed E-state index contributed by atoms with van der Waals surface area (Å²) in [5.74, 6) is 0.544. The number of methoxy groups -OCH3 is 1. The molecule has 120 valence electrons. The Labute approximate surface area is 133 Å². The highest BCUT2D eigenvalue weighted by atomic mass is 16.6. The van der Waals surface area contributed by atoms with Gasteiger partial charge in [0, 0.05) is 13.0 Å². The molecule has 2 heterocycles. The van der Waals surface area contributed by atoms with E-state index in [1.54, 1.807) is 47.6 Å². The molecule has 0 aliphatic carbocycles. The molecular formula is C17H17NO5. The largest absolute Gasteiger partial charge is 0.493 e. The molecule has 0 radical (unpaired) electrons. The van der Waals surface area contributed by atoms with Gasteiger partial charge in [-0.25, -0.2) is 0 Å². The van der Waals surface area contributed by atoms with Crippen LogP contribution < -0.4 is 9.47 Å². The Kier molecular flexibility index (Phi) is 4.32. The van der Waals surface area contributed by atoms with Gasteiger partial charge in [0.1, 0.15) is 5.76 Å². The van der Waals surface area contributed by atoms with Crippen molar-refractivity contribution in [1.82, 2.24) is 4.90 Å². The van der Waals surface area contributed by atoms with Crippen molar-refractivity contribution < 1.29 is 23.5 Å². The summed E-state index contributed by atoms with van der Waals surface area (Å²) in [6.45, 7) is 0.692. The van der Waals surface area contributed by atoms with Crippen LogP contribution in [0, 0.1) is 5.92 Å². The Morgan fingerprint density at radius 2 is 2.04 bits per heavy atom. The van der Waals surface area contributed by atoms with E-state index in [9.17, 15) is 9.59 Å². The number of esters is 1. The van der Waals surface area contributed by atoms with E-state index in [0.29, 0.717) is 30.3 Å². The SMILES string of the molecule is COc1ccccc1OC(=O)C1CC(=O)N(Cc2ccco2)C1. The molecule has 1 fully saturated rings. The zero-order valence-electron chi connectivity index (χ0n) is 12.7. The van der Waals surface area contributed by atoms with Crippen LogP contribution >= 0.6 is 0 Å². The summed E-state index contributed by atoms with van der Waals surface area (Å²) in [6, 6.07) is 10.5. The van der Waals surface area contributed by atoms with Gasteiger partial charge in [0.2, 0.25) is 5.91 Å². The van der Waals surface area contributed by atoms with E-state index in [1.165, 1.54) is 7.11 Å². The highest BCUT2D eigenvalue weighted by Gasteiger charge is 2.36. The van der Waals surface area contributed by atoms with Gasteiger partial charge in [0.15, 0.2) is 11.5 Å². The molecule has 3 rings (SSSR count). The minimum atomic E-state index is -0.484. The first kappa shape index (κ1) is 15.1. The molecule has 1 aromatic heterocycles. The number of carbonyl (C=O) groups is 2. The molecule has 1 unspecified atom stereocenters. The van der Waals surface area contributed by atoms with Crippen LogP contribution in [-0.4, -0.2) is 30.4 Å². The van der Waals surface area contributed by atoms with Crippen molar-refractivity contribution >= 4 is 11.9 Å². The van der Waals surface area contributed by atoms with Gasteiger partial charge in [0.05, 0.1) is 25.8 Å². The lowest BCUT2D eigenvalue weighted by Gasteiger charge is -2.15. The van der Waals surface area contributed by atoms with Gasteiger partial charge < -0.3 is 18.8 Å². The van der Waals surface area contributed by atoms with Gasteiger partial charge >= 0.3 is 5.97 Å². The monoisotopic (exact) mass is 315 g/mol. The average Bonchev–Trinajstić information content (AvgIpc) is 3.19. The molecule has 1 atom stereocenters. The van der Waals surface area contributed by atoms with Crippen molar-refractivity contribution in [3.8, 4) is 11.5 Å². The summed E-state index contributed by atoms with van der Waals surface area (Å²) < 4.78 is 15.8. The molecule has 6 heteroatoms. The van der Waals surface area contributed by atoms with Crippen molar-refractivity contribution in [3.05, 3.63) is 48.4 Å². The number of amides is 1. The van der Waals surface area contributed by atoms with Gasteiger partial charge in [-0.15, -0.1) is 0 Å². The first-order valence-corrected chi connectivity index (χ1v) is 7.32. The smallest absolute Gasteiger partial charge is 0.316 e. The van der Waals surface area contributed by atoms with Crippen molar-refractivity contribution in [1.29, 1.82) is 0 Å². The first-order valence-electron chi connectivity index (χ1n) is 7.32. The molecule has 0 spiro atoms. The number of ether oxygens (including phenoxy) is 2. The van der Waals surface area contributed by atoms with Gasteiger partial charge in [0.25, 0.3) is 0 Å². The van der Waals surface area contributed by atoms with Crippen molar-refractivity contribution in [2.75, 3.05) is 13.7 Å². The lowest BCUT2D eigenvalue weighted by atomic mass is 10.1. The fourth-order valence-electron chi connectivity index (χ4n) is 2.57. The van der Waals surface area contributed by atoms with Crippen LogP contribution in [0.2, 0.25) is 0 Å². The van der Waals surface area contributed by atoms with Crippen LogP contribution in [0.15, 0.2) is 47.1 Å². The minimum absolute atomic E-state index is 0.0802. The zero-order valence-corrected chi connectivity index (χ0v) is 12.7. The topological polar surface area (TPSA) is 69.0 Å². The van der Waals surface area contributed by atoms with E-state index >= 15 is 0 Å². The summed E-state index contributed by atoms with van der Waals surface area (Å²) in [4.78, 5) is 25.9. The van der Waals surface area contributed by atoms with Gasteiger partial charge in [-0.3, -0.25) is 9.59 Å². The molecule has 0 N–H and O–H groups in total. The lowest BCUT2D eigenvalue weighted by molar-refractivity contribution is -0.139. The van der Waals surface area contributed by atoms with Crippen LogP contribution in [0.1, 0.15) is 12.2 Å². The Morgan fingerprint density at radius 3 is 2.74 bits per heavy atom. The van der Waals surface area contributed by atoms with E-state index < -0.39 is 11.9 Å². The quantitative estimate of drug-likeness (QED) is 0.625. The Bertz CT molecular complexity index is 695. The van der Waals surface area contributed by atoms with Crippen LogP contribution in [0.5, 0.6) is 11.5 Å². The zero-order chi connectivity index (χ0) is 16.2. The summed E-state index contributed by atoms with van der Waals surface area (Å²) >= 11 is 0. The second-order valence-corrected chi connectivity index (χ2v) is 5.33. The van der Waals surface area contributed by atoms with Crippen LogP contribution in [0.25, 0.3) is 0 Å². The Balaban J connectivity index is 1.63. The maximum absolute atomic E-state index is 12.3. The molecule has 1 aromatic carbocycles. The van der Waals surface area contributed by atoms with Crippen molar-refractivity contribution in [2.45, 2.75) is 13.0 Å². The van der Waals surface area contributed by atoms with Gasteiger partial charge in [-0.05, 0) is 24.3 Å². The predicted octanol–water partition coefficient (Wildman–Crippen LogP) is 2.24. The van der Waals surface area contributed by atoms with Gasteiger partial charge in [-0.1, -0.05) is 12.1 Å². The number of hydrogen-bond donors (Lipinski definition) is 0. The number of likely N-dealkylation sites (tertiary alicyclic amines) is 1. The van der Waals surface area contributed by atoms with Crippen molar-refractivity contribution in [3.63, 3.8) is 0 Å². The Morgan fingerprint density at radius 1 is 1.26 bits per heavy atom. The predicted molar refractivity (Wildman–Crippen MR) is 80.9 cm³/mol.